The number of hydrogen-bond donors (Lipinski definition) is 0. The molecule has 1 saturated heterocycles. The van der Waals surface area contributed by atoms with Gasteiger partial charge in [0.25, 0.3) is 5.91 Å². The normalized spacial score (nSPS) is 14.5. The summed E-state index contributed by atoms with van der Waals surface area (Å²) in [6.45, 7) is 7.41. The molecule has 2 heterocycles. The number of aromatic nitrogens is 1. The molecular weight excluding hydrogens is 461 g/mol. The number of carbonyl (C=O) groups is 1. The topological polar surface area (TPSA) is 58.8 Å². The third-order valence-electron chi connectivity index (χ3n) is 6.00. The van der Waals surface area contributed by atoms with Gasteiger partial charge in [-0.3, -0.25) is 9.69 Å². The van der Waals surface area contributed by atoms with Crippen molar-refractivity contribution in [2.45, 2.75) is 33.4 Å². The molecule has 1 aromatic heterocycles. The van der Waals surface area contributed by atoms with Crippen molar-refractivity contribution in [1.29, 1.82) is 0 Å². The molecule has 0 atom stereocenters. The van der Waals surface area contributed by atoms with Crippen molar-refractivity contribution in [2.24, 2.45) is 0 Å². The predicted octanol–water partition coefficient (Wildman–Crippen LogP) is 5.39. The van der Waals surface area contributed by atoms with Crippen LogP contribution in [0.4, 0.5) is 0 Å². The Morgan fingerprint density at radius 1 is 1.03 bits per heavy atom. The third-order valence-corrected chi connectivity index (χ3v) is 6.71. The Morgan fingerprint density at radius 3 is 2.33 bits per heavy atom. The number of nitrogens with zero attached hydrogens (tertiary/aromatic N) is 3. The van der Waals surface area contributed by atoms with Gasteiger partial charge in [-0.05, 0) is 43.2 Å². The molecule has 2 aromatic carbocycles. The number of ether oxygens (including phenoxy) is 1. The molecule has 0 bridgehead atoms. The molecule has 174 valence electrons. The number of amides is 1. The first-order valence-electron chi connectivity index (χ1n) is 11.1. The summed E-state index contributed by atoms with van der Waals surface area (Å²) in [5.74, 6) is 1.20. The number of carbonyl (C=O) groups excluding carboxylic acids is 1. The standard InChI is InChI=1S/C25H27Cl2N3O3/c1-3-18-7-9-19(10-8-18)32-16-21-17(2)33-28-24(21)25(31)30-13-11-29(12-14-30)15-20-22(26)5-4-6-23(20)27/h4-10H,3,11-16H2,1-2H3. The predicted molar refractivity (Wildman–Crippen MR) is 129 cm³/mol. The summed E-state index contributed by atoms with van der Waals surface area (Å²) in [5.41, 5.74) is 3.17. The van der Waals surface area contributed by atoms with E-state index in [0.29, 0.717) is 46.7 Å². The molecule has 0 radical (unpaired) electrons. The van der Waals surface area contributed by atoms with Gasteiger partial charge in [0.15, 0.2) is 5.69 Å². The number of piperazine rings is 1. The Labute approximate surface area is 204 Å². The van der Waals surface area contributed by atoms with Gasteiger partial charge in [0.05, 0.1) is 5.56 Å². The van der Waals surface area contributed by atoms with Crippen LogP contribution < -0.4 is 4.74 Å². The van der Waals surface area contributed by atoms with Crippen molar-refractivity contribution in [3.05, 3.63) is 80.7 Å². The van der Waals surface area contributed by atoms with Crippen molar-refractivity contribution in [3.63, 3.8) is 0 Å². The van der Waals surface area contributed by atoms with Crippen molar-refractivity contribution in [2.75, 3.05) is 26.2 Å². The lowest BCUT2D eigenvalue weighted by Crippen LogP contribution is -2.48. The number of aryl methyl sites for hydroxylation is 2. The minimum atomic E-state index is -0.137. The molecule has 1 aliphatic rings. The second kappa shape index (κ2) is 10.6. The SMILES string of the molecule is CCc1ccc(OCc2c(C(=O)N3CCN(Cc4c(Cl)cccc4Cl)CC3)noc2C)cc1. The lowest BCUT2D eigenvalue weighted by atomic mass is 10.1. The Hall–Kier alpha value is -2.54. The maximum absolute atomic E-state index is 13.2. The van der Waals surface area contributed by atoms with Gasteiger partial charge >= 0.3 is 0 Å². The van der Waals surface area contributed by atoms with Crippen LogP contribution in [0.25, 0.3) is 0 Å². The van der Waals surface area contributed by atoms with Crippen LogP contribution in [0.5, 0.6) is 5.75 Å². The average molecular weight is 488 g/mol. The lowest BCUT2D eigenvalue weighted by molar-refractivity contribution is 0.0616. The van der Waals surface area contributed by atoms with Gasteiger partial charge in [-0.2, -0.15) is 0 Å². The summed E-state index contributed by atoms with van der Waals surface area (Å²) in [5, 5.41) is 5.37. The highest BCUT2D eigenvalue weighted by Crippen LogP contribution is 2.26. The summed E-state index contributed by atoms with van der Waals surface area (Å²) in [6.07, 6.45) is 0.975. The fourth-order valence-corrected chi connectivity index (χ4v) is 4.39. The molecule has 8 heteroatoms. The molecule has 1 fully saturated rings. The van der Waals surface area contributed by atoms with Crippen molar-refractivity contribution in [1.82, 2.24) is 15.0 Å². The van der Waals surface area contributed by atoms with Crippen LogP contribution in [-0.4, -0.2) is 47.0 Å². The summed E-state index contributed by atoms with van der Waals surface area (Å²) >= 11 is 12.6. The van der Waals surface area contributed by atoms with Crippen molar-refractivity contribution in [3.8, 4) is 5.75 Å². The maximum Gasteiger partial charge on any atom is 0.276 e. The molecule has 6 nitrogen and oxygen atoms in total. The van der Waals surface area contributed by atoms with E-state index in [4.69, 9.17) is 32.5 Å². The van der Waals surface area contributed by atoms with Crippen LogP contribution in [0.3, 0.4) is 0 Å². The molecule has 1 aliphatic heterocycles. The van der Waals surface area contributed by atoms with Gasteiger partial charge in [-0.15, -0.1) is 0 Å². The number of halogens is 2. The first-order valence-corrected chi connectivity index (χ1v) is 11.8. The molecule has 4 rings (SSSR count). The number of rotatable bonds is 7. The molecule has 0 N–H and O–H groups in total. The van der Waals surface area contributed by atoms with Gasteiger partial charge in [-0.25, -0.2) is 0 Å². The smallest absolute Gasteiger partial charge is 0.276 e. The van der Waals surface area contributed by atoms with Gasteiger partial charge in [0.2, 0.25) is 0 Å². The second-order valence-electron chi connectivity index (χ2n) is 8.12. The Bertz CT molecular complexity index is 1090. The highest BCUT2D eigenvalue weighted by atomic mass is 35.5. The summed E-state index contributed by atoms with van der Waals surface area (Å²) in [4.78, 5) is 17.2. The molecular formula is C25H27Cl2N3O3. The zero-order valence-corrected chi connectivity index (χ0v) is 20.3. The monoisotopic (exact) mass is 487 g/mol. The Kier molecular flexibility index (Phi) is 7.58. The highest BCUT2D eigenvalue weighted by molar-refractivity contribution is 6.35. The highest BCUT2D eigenvalue weighted by Gasteiger charge is 2.28. The molecule has 3 aromatic rings. The Morgan fingerprint density at radius 2 is 1.70 bits per heavy atom. The maximum atomic E-state index is 13.2. The molecule has 0 saturated carbocycles. The van der Waals surface area contributed by atoms with E-state index in [2.05, 4.69) is 17.0 Å². The average Bonchev–Trinajstić information content (AvgIpc) is 3.20. The zero-order chi connectivity index (χ0) is 23.4. The molecule has 0 unspecified atom stereocenters. The zero-order valence-electron chi connectivity index (χ0n) is 18.8. The fourth-order valence-electron chi connectivity index (χ4n) is 3.87. The van der Waals surface area contributed by atoms with E-state index in [1.807, 2.05) is 47.4 Å². The van der Waals surface area contributed by atoms with Crippen LogP contribution in [-0.2, 0) is 19.6 Å². The largest absolute Gasteiger partial charge is 0.489 e. The fraction of sp³-hybridized carbons (Fsp3) is 0.360. The summed E-state index contributed by atoms with van der Waals surface area (Å²) in [7, 11) is 0. The minimum absolute atomic E-state index is 0.137. The first-order chi connectivity index (χ1) is 16.0. The minimum Gasteiger partial charge on any atom is -0.489 e. The van der Waals surface area contributed by atoms with E-state index < -0.39 is 0 Å². The van der Waals surface area contributed by atoms with Gasteiger partial charge < -0.3 is 14.2 Å². The van der Waals surface area contributed by atoms with Gasteiger partial charge in [0, 0.05) is 48.3 Å². The molecule has 1 amide bonds. The summed E-state index contributed by atoms with van der Waals surface area (Å²) < 4.78 is 11.3. The van der Waals surface area contributed by atoms with E-state index in [1.54, 1.807) is 6.92 Å². The molecule has 0 aliphatic carbocycles. The van der Waals surface area contributed by atoms with E-state index in [9.17, 15) is 4.79 Å². The van der Waals surface area contributed by atoms with Crippen LogP contribution >= 0.6 is 23.2 Å². The van der Waals surface area contributed by atoms with E-state index >= 15 is 0 Å². The van der Waals surface area contributed by atoms with Crippen LogP contribution in [0.1, 0.15) is 39.9 Å². The van der Waals surface area contributed by atoms with Gasteiger partial charge in [0.1, 0.15) is 18.1 Å². The first kappa shape index (κ1) is 23.6. The quantitative estimate of drug-likeness (QED) is 0.447. The van der Waals surface area contributed by atoms with Crippen LogP contribution in [0.2, 0.25) is 10.0 Å². The molecule has 33 heavy (non-hydrogen) atoms. The molecule has 0 spiro atoms. The van der Waals surface area contributed by atoms with Crippen molar-refractivity contribution >= 4 is 29.1 Å². The van der Waals surface area contributed by atoms with Crippen LogP contribution in [0, 0.1) is 6.92 Å². The lowest BCUT2D eigenvalue weighted by Gasteiger charge is -2.34. The summed E-state index contributed by atoms with van der Waals surface area (Å²) in [6, 6.07) is 13.5. The van der Waals surface area contributed by atoms with Gasteiger partial charge in [-0.1, -0.05) is 53.5 Å². The number of benzene rings is 2. The second-order valence-corrected chi connectivity index (χ2v) is 8.94. The number of hydrogen-bond acceptors (Lipinski definition) is 5. The van der Waals surface area contributed by atoms with E-state index in [1.165, 1.54) is 5.56 Å². The van der Waals surface area contributed by atoms with E-state index in [0.717, 1.165) is 30.8 Å². The third kappa shape index (κ3) is 5.52. The van der Waals surface area contributed by atoms with E-state index in [-0.39, 0.29) is 12.5 Å². The van der Waals surface area contributed by atoms with Crippen LogP contribution in [0.15, 0.2) is 47.0 Å². The van der Waals surface area contributed by atoms with Crippen molar-refractivity contribution < 1.29 is 14.1 Å². The Balaban J connectivity index is 1.37.